The third-order valence-electron chi connectivity index (χ3n) is 3.19. The number of aromatic hydroxyl groups is 1. The van der Waals surface area contributed by atoms with Crippen LogP contribution in [0.15, 0.2) is 18.2 Å². The maximum Gasteiger partial charge on any atom is 0.251 e. The highest BCUT2D eigenvalue weighted by molar-refractivity contribution is 6.17. The molecule has 1 rings (SSSR count). The van der Waals surface area contributed by atoms with Gasteiger partial charge in [-0.15, -0.1) is 11.6 Å². The molecular formula is C15H22ClNO2. The molecule has 1 aromatic rings. The first-order chi connectivity index (χ1) is 8.85. The Kier molecular flexibility index (Phi) is 5.67. The highest BCUT2D eigenvalue weighted by atomic mass is 35.5. The van der Waals surface area contributed by atoms with Crippen molar-refractivity contribution in [3.63, 3.8) is 0 Å². The van der Waals surface area contributed by atoms with Crippen molar-refractivity contribution in [2.75, 3.05) is 12.4 Å². The lowest BCUT2D eigenvalue weighted by Crippen LogP contribution is -2.34. The highest BCUT2D eigenvalue weighted by Gasteiger charge is 2.18. The Morgan fingerprint density at radius 1 is 1.42 bits per heavy atom. The quantitative estimate of drug-likeness (QED) is 0.785. The largest absolute Gasteiger partial charge is 0.508 e. The van der Waals surface area contributed by atoms with Crippen LogP contribution in [0.2, 0.25) is 0 Å². The Balaban J connectivity index is 2.57. The maximum absolute atomic E-state index is 12.0. The number of alkyl halides is 1. The zero-order chi connectivity index (χ0) is 14.5. The van der Waals surface area contributed by atoms with Gasteiger partial charge in [0.25, 0.3) is 5.91 Å². The average Bonchev–Trinajstić information content (AvgIpc) is 2.37. The predicted molar refractivity (Wildman–Crippen MR) is 78.9 cm³/mol. The van der Waals surface area contributed by atoms with Gasteiger partial charge in [0, 0.05) is 18.0 Å². The first-order valence-corrected chi connectivity index (χ1v) is 7.03. The summed E-state index contributed by atoms with van der Waals surface area (Å²) in [5.41, 5.74) is 1.27. The Hall–Kier alpha value is -1.22. The van der Waals surface area contributed by atoms with Crippen LogP contribution in [-0.2, 0) is 0 Å². The Labute approximate surface area is 120 Å². The lowest BCUT2D eigenvalue weighted by atomic mass is 9.88. The van der Waals surface area contributed by atoms with E-state index in [2.05, 4.69) is 19.2 Å². The van der Waals surface area contributed by atoms with Gasteiger partial charge in [0.15, 0.2) is 0 Å². The van der Waals surface area contributed by atoms with Crippen molar-refractivity contribution in [2.45, 2.75) is 33.6 Å². The molecule has 106 valence electrons. The van der Waals surface area contributed by atoms with Gasteiger partial charge in [-0.3, -0.25) is 4.79 Å². The minimum absolute atomic E-state index is 0.0251. The summed E-state index contributed by atoms with van der Waals surface area (Å²) in [6, 6.07) is 4.95. The van der Waals surface area contributed by atoms with E-state index in [1.54, 1.807) is 19.1 Å². The van der Waals surface area contributed by atoms with Crippen molar-refractivity contribution in [3.8, 4) is 5.75 Å². The van der Waals surface area contributed by atoms with Crippen LogP contribution in [0.5, 0.6) is 5.75 Å². The Bertz CT molecular complexity index is 444. The average molecular weight is 284 g/mol. The number of carbonyl (C=O) groups is 1. The number of carbonyl (C=O) groups excluding carboxylic acids is 1. The van der Waals surface area contributed by atoms with E-state index >= 15 is 0 Å². The van der Waals surface area contributed by atoms with E-state index in [0.29, 0.717) is 18.0 Å². The summed E-state index contributed by atoms with van der Waals surface area (Å²) < 4.78 is 0. The monoisotopic (exact) mass is 283 g/mol. The van der Waals surface area contributed by atoms with Gasteiger partial charge in [0.2, 0.25) is 0 Å². The van der Waals surface area contributed by atoms with Crippen LogP contribution in [0, 0.1) is 12.3 Å². The first kappa shape index (κ1) is 15.8. The van der Waals surface area contributed by atoms with E-state index in [0.717, 1.165) is 18.4 Å². The number of aryl methyl sites for hydroxylation is 1. The van der Waals surface area contributed by atoms with Gasteiger partial charge in [-0.2, -0.15) is 0 Å². The highest BCUT2D eigenvalue weighted by Crippen LogP contribution is 2.22. The molecular weight excluding hydrogens is 262 g/mol. The summed E-state index contributed by atoms with van der Waals surface area (Å²) in [5.74, 6) is 0.631. The third kappa shape index (κ3) is 5.11. The number of phenolic OH excluding ortho intramolecular Hbond substituents is 1. The molecule has 0 bridgehead atoms. The predicted octanol–water partition coefficient (Wildman–Crippen LogP) is 3.48. The van der Waals surface area contributed by atoms with Gasteiger partial charge in [-0.1, -0.05) is 19.9 Å². The van der Waals surface area contributed by atoms with Crippen LogP contribution in [0.25, 0.3) is 0 Å². The molecule has 0 fully saturated rings. The number of hydrogen-bond donors (Lipinski definition) is 2. The van der Waals surface area contributed by atoms with Gasteiger partial charge >= 0.3 is 0 Å². The molecule has 4 heteroatoms. The summed E-state index contributed by atoms with van der Waals surface area (Å²) >= 11 is 5.68. The fourth-order valence-corrected chi connectivity index (χ4v) is 1.94. The fraction of sp³-hybridized carbons (Fsp3) is 0.533. The molecule has 0 spiro atoms. The molecule has 0 aliphatic carbocycles. The van der Waals surface area contributed by atoms with Crippen molar-refractivity contribution in [2.24, 2.45) is 5.41 Å². The summed E-state index contributed by atoms with van der Waals surface area (Å²) in [6.07, 6.45) is 1.91. The summed E-state index contributed by atoms with van der Waals surface area (Å²) in [7, 11) is 0. The number of benzene rings is 1. The molecule has 0 aliphatic rings. The molecule has 0 saturated heterocycles. The third-order valence-corrected chi connectivity index (χ3v) is 3.45. The minimum atomic E-state index is -0.158. The van der Waals surface area contributed by atoms with E-state index in [-0.39, 0.29) is 17.1 Å². The van der Waals surface area contributed by atoms with Gasteiger partial charge < -0.3 is 10.4 Å². The van der Waals surface area contributed by atoms with Crippen molar-refractivity contribution in [1.29, 1.82) is 0 Å². The van der Waals surface area contributed by atoms with Crippen LogP contribution in [0.4, 0.5) is 0 Å². The van der Waals surface area contributed by atoms with E-state index in [1.165, 1.54) is 6.07 Å². The number of nitrogens with one attached hydrogen (secondary N) is 1. The van der Waals surface area contributed by atoms with E-state index < -0.39 is 0 Å². The molecule has 0 heterocycles. The number of halogens is 1. The number of phenols is 1. The molecule has 3 nitrogen and oxygen atoms in total. The molecule has 0 atom stereocenters. The number of hydrogen-bond acceptors (Lipinski definition) is 2. The molecule has 1 aromatic carbocycles. The van der Waals surface area contributed by atoms with Crippen LogP contribution in [0.3, 0.4) is 0 Å². The van der Waals surface area contributed by atoms with Crippen LogP contribution in [0.1, 0.15) is 42.6 Å². The van der Waals surface area contributed by atoms with Gasteiger partial charge in [-0.25, -0.2) is 0 Å². The lowest BCUT2D eigenvalue weighted by molar-refractivity contribution is 0.0934. The molecule has 2 N–H and O–H groups in total. The number of rotatable bonds is 6. The van der Waals surface area contributed by atoms with Crippen molar-refractivity contribution in [3.05, 3.63) is 29.3 Å². The van der Waals surface area contributed by atoms with Crippen molar-refractivity contribution >= 4 is 17.5 Å². The van der Waals surface area contributed by atoms with Gasteiger partial charge in [0.05, 0.1) is 0 Å². The molecule has 0 aliphatic heterocycles. The number of amides is 1. The van der Waals surface area contributed by atoms with E-state index in [9.17, 15) is 9.90 Å². The second-order valence-corrected chi connectivity index (χ2v) is 6.02. The van der Waals surface area contributed by atoms with Crippen LogP contribution in [-0.4, -0.2) is 23.4 Å². The van der Waals surface area contributed by atoms with E-state index in [1.807, 2.05) is 0 Å². The Morgan fingerprint density at radius 2 is 2.11 bits per heavy atom. The van der Waals surface area contributed by atoms with Gasteiger partial charge in [-0.05, 0) is 42.9 Å². The minimum Gasteiger partial charge on any atom is -0.508 e. The van der Waals surface area contributed by atoms with Crippen molar-refractivity contribution < 1.29 is 9.90 Å². The fourth-order valence-electron chi connectivity index (χ4n) is 1.81. The van der Waals surface area contributed by atoms with Gasteiger partial charge in [0.1, 0.15) is 5.75 Å². The van der Waals surface area contributed by atoms with Crippen LogP contribution >= 0.6 is 11.6 Å². The molecule has 0 aromatic heterocycles. The molecule has 0 unspecified atom stereocenters. The summed E-state index contributed by atoms with van der Waals surface area (Å²) in [6.45, 7) is 6.60. The standard InChI is InChI=1S/C15H22ClNO2/c1-11-5-6-12(9-13(11)18)14(19)17-10-15(2,3)7-4-8-16/h5-6,9,18H,4,7-8,10H2,1-3H3,(H,17,19). The lowest BCUT2D eigenvalue weighted by Gasteiger charge is -2.24. The maximum atomic E-state index is 12.0. The topological polar surface area (TPSA) is 49.3 Å². The van der Waals surface area contributed by atoms with Crippen molar-refractivity contribution in [1.82, 2.24) is 5.32 Å². The molecule has 0 saturated carbocycles. The SMILES string of the molecule is Cc1ccc(C(=O)NCC(C)(C)CCCCl)cc1O. The molecule has 1 amide bonds. The normalized spacial score (nSPS) is 11.4. The smallest absolute Gasteiger partial charge is 0.251 e. The van der Waals surface area contributed by atoms with Crippen LogP contribution < -0.4 is 5.32 Å². The molecule has 19 heavy (non-hydrogen) atoms. The molecule has 0 radical (unpaired) electrons. The second kappa shape index (κ2) is 6.80. The second-order valence-electron chi connectivity index (χ2n) is 5.64. The summed E-state index contributed by atoms with van der Waals surface area (Å²) in [4.78, 5) is 12.0. The zero-order valence-electron chi connectivity index (χ0n) is 11.8. The van der Waals surface area contributed by atoms with E-state index in [4.69, 9.17) is 11.6 Å². The summed E-state index contributed by atoms with van der Waals surface area (Å²) in [5, 5.41) is 12.5. The zero-order valence-corrected chi connectivity index (χ0v) is 12.5. The Morgan fingerprint density at radius 3 is 2.68 bits per heavy atom. The first-order valence-electron chi connectivity index (χ1n) is 6.49.